The summed E-state index contributed by atoms with van der Waals surface area (Å²) in [5.41, 5.74) is -2.80. The van der Waals surface area contributed by atoms with Crippen molar-refractivity contribution in [1.29, 1.82) is 0 Å². The normalized spacial score (nSPS) is 13.5. The standard InChI is InChI=1S/C18H21F3N4O2S/c1-4-7-13(25-28(26,27)18(19,20)21)10-12(2)16-11-23-17(24-16)14-8-5-6-9-15(14)22-3/h5-11,22,25H,4H2,1-3H3,(H,23,24)/b12-10+,13-7?. The van der Waals surface area contributed by atoms with Gasteiger partial charge >= 0.3 is 15.5 Å². The molecule has 1 heterocycles. The van der Waals surface area contributed by atoms with Gasteiger partial charge in [0.1, 0.15) is 5.82 Å². The first kappa shape index (κ1) is 21.5. The molecular weight excluding hydrogens is 393 g/mol. The molecule has 0 bridgehead atoms. The molecule has 2 rings (SSSR count). The van der Waals surface area contributed by atoms with Gasteiger partial charge in [-0.25, -0.2) is 4.98 Å². The minimum absolute atomic E-state index is 0.163. The summed E-state index contributed by atoms with van der Waals surface area (Å²) in [5.74, 6) is 0.574. The van der Waals surface area contributed by atoms with Crippen molar-refractivity contribution in [3.05, 3.63) is 54.0 Å². The molecule has 0 saturated carbocycles. The topological polar surface area (TPSA) is 86.9 Å². The van der Waals surface area contributed by atoms with E-state index < -0.39 is 15.5 Å². The number of halogens is 3. The van der Waals surface area contributed by atoms with Crippen molar-refractivity contribution in [3.8, 4) is 11.4 Å². The number of rotatable bonds is 7. The number of sulfonamides is 1. The maximum atomic E-state index is 12.6. The Bertz CT molecular complexity index is 992. The zero-order chi connectivity index (χ0) is 20.9. The summed E-state index contributed by atoms with van der Waals surface area (Å²) < 4.78 is 62.3. The fourth-order valence-corrected chi connectivity index (χ4v) is 3.01. The molecule has 0 aliphatic carbocycles. The molecule has 0 radical (unpaired) electrons. The van der Waals surface area contributed by atoms with E-state index in [0.29, 0.717) is 23.5 Å². The summed E-state index contributed by atoms with van der Waals surface area (Å²) in [6.45, 7) is 3.33. The number of aromatic amines is 1. The molecule has 6 nitrogen and oxygen atoms in total. The van der Waals surface area contributed by atoms with E-state index in [9.17, 15) is 21.6 Å². The highest BCUT2D eigenvalue weighted by Gasteiger charge is 2.46. The largest absolute Gasteiger partial charge is 0.516 e. The minimum Gasteiger partial charge on any atom is -0.388 e. The smallest absolute Gasteiger partial charge is 0.388 e. The van der Waals surface area contributed by atoms with Crippen LogP contribution in [0.4, 0.5) is 18.9 Å². The van der Waals surface area contributed by atoms with Crippen molar-refractivity contribution >= 4 is 21.3 Å². The number of H-pyrrole nitrogens is 1. The van der Waals surface area contributed by atoms with E-state index in [1.165, 1.54) is 18.3 Å². The predicted molar refractivity (Wildman–Crippen MR) is 104 cm³/mol. The van der Waals surface area contributed by atoms with Gasteiger partial charge in [-0.15, -0.1) is 0 Å². The molecule has 0 unspecified atom stereocenters. The molecule has 3 N–H and O–H groups in total. The lowest BCUT2D eigenvalue weighted by atomic mass is 10.1. The fourth-order valence-electron chi connectivity index (χ4n) is 2.44. The first-order chi connectivity index (χ1) is 13.1. The molecule has 0 atom stereocenters. The Hall–Kier alpha value is -2.75. The van der Waals surface area contributed by atoms with Crippen LogP contribution in [0.1, 0.15) is 26.0 Å². The lowest BCUT2D eigenvalue weighted by Crippen LogP contribution is -2.35. The summed E-state index contributed by atoms with van der Waals surface area (Å²) in [5, 5.41) is 3.05. The Morgan fingerprint density at radius 2 is 1.96 bits per heavy atom. The number of alkyl halides is 3. The van der Waals surface area contributed by atoms with Gasteiger partial charge in [0.05, 0.1) is 11.9 Å². The first-order valence-electron chi connectivity index (χ1n) is 8.39. The molecule has 0 spiro atoms. The third kappa shape index (κ3) is 4.94. The summed E-state index contributed by atoms with van der Waals surface area (Å²) >= 11 is 0. The Morgan fingerprint density at radius 3 is 2.57 bits per heavy atom. The van der Waals surface area contributed by atoms with E-state index >= 15 is 0 Å². The van der Waals surface area contributed by atoms with E-state index in [0.717, 1.165) is 11.3 Å². The number of nitrogens with zero attached hydrogens (tertiary/aromatic N) is 1. The van der Waals surface area contributed by atoms with Gasteiger partial charge in [0, 0.05) is 24.0 Å². The van der Waals surface area contributed by atoms with E-state index in [-0.39, 0.29) is 5.70 Å². The number of anilines is 1. The number of benzene rings is 1. The zero-order valence-corrected chi connectivity index (χ0v) is 16.4. The van der Waals surface area contributed by atoms with E-state index in [2.05, 4.69) is 15.3 Å². The van der Waals surface area contributed by atoms with Crippen molar-refractivity contribution in [3.63, 3.8) is 0 Å². The van der Waals surface area contributed by atoms with Crippen molar-refractivity contribution in [2.24, 2.45) is 0 Å². The number of imidazole rings is 1. The highest BCUT2D eigenvalue weighted by molar-refractivity contribution is 7.90. The lowest BCUT2D eigenvalue weighted by molar-refractivity contribution is -0.0444. The summed E-state index contributed by atoms with van der Waals surface area (Å²) in [7, 11) is -3.71. The van der Waals surface area contributed by atoms with Gasteiger partial charge in [-0.3, -0.25) is 4.72 Å². The second kappa shape index (κ2) is 8.51. The first-order valence-corrected chi connectivity index (χ1v) is 9.87. The number of allylic oxidation sites excluding steroid dienone is 3. The highest BCUT2D eigenvalue weighted by atomic mass is 32.2. The van der Waals surface area contributed by atoms with Crippen LogP contribution < -0.4 is 10.0 Å². The molecular formula is C18H21F3N4O2S. The molecule has 0 saturated heterocycles. The molecule has 0 amide bonds. The SMILES string of the molecule is CCC=C(/C=C(\C)c1cnc(-c2ccccc2NC)[nH]1)NS(=O)(=O)C(F)(F)F. The minimum atomic E-state index is -5.49. The molecule has 0 aliphatic heterocycles. The summed E-state index contributed by atoms with van der Waals surface area (Å²) in [6.07, 6.45) is 4.58. The van der Waals surface area contributed by atoms with E-state index in [4.69, 9.17) is 0 Å². The van der Waals surface area contributed by atoms with Crippen LogP contribution in [0.5, 0.6) is 0 Å². The Balaban J connectivity index is 2.33. The molecule has 152 valence electrons. The Kier molecular flexibility index (Phi) is 6.55. The van der Waals surface area contributed by atoms with Gasteiger partial charge in [0.25, 0.3) is 0 Å². The molecule has 1 aromatic heterocycles. The maximum Gasteiger partial charge on any atom is 0.516 e. The molecule has 0 fully saturated rings. The molecule has 28 heavy (non-hydrogen) atoms. The van der Waals surface area contributed by atoms with Crippen LogP contribution in [0.15, 0.2) is 48.3 Å². The van der Waals surface area contributed by atoms with Crippen molar-refractivity contribution < 1.29 is 21.6 Å². The average Bonchev–Trinajstić information content (AvgIpc) is 3.10. The van der Waals surface area contributed by atoms with Crippen molar-refractivity contribution in [2.45, 2.75) is 25.8 Å². The third-order valence-corrected chi connectivity index (χ3v) is 4.92. The number of nitrogens with one attached hydrogen (secondary N) is 3. The molecule has 0 aliphatic rings. The fraction of sp³-hybridized carbons (Fsp3) is 0.278. The van der Waals surface area contributed by atoms with Crippen LogP contribution in [-0.2, 0) is 10.0 Å². The second-order valence-electron chi connectivity index (χ2n) is 5.89. The summed E-state index contributed by atoms with van der Waals surface area (Å²) in [6, 6.07) is 7.48. The summed E-state index contributed by atoms with van der Waals surface area (Å²) in [4.78, 5) is 7.41. The van der Waals surface area contributed by atoms with Gasteiger partial charge in [-0.05, 0) is 37.1 Å². The predicted octanol–water partition coefficient (Wildman–Crippen LogP) is 4.25. The van der Waals surface area contributed by atoms with Crippen LogP contribution in [0, 0.1) is 0 Å². The molecule has 2 aromatic rings. The quantitative estimate of drug-likeness (QED) is 0.591. The number of para-hydroxylation sites is 1. The van der Waals surface area contributed by atoms with Crippen LogP contribution in [-0.4, -0.2) is 30.9 Å². The van der Waals surface area contributed by atoms with Crippen LogP contribution >= 0.6 is 0 Å². The van der Waals surface area contributed by atoms with E-state index in [1.54, 1.807) is 25.6 Å². The van der Waals surface area contributed by atoms with Crippen LogP contribution in [0.2, 0.25) is 0 Å². The van der Waals surface area contributed by atoms with Gasteiger partial charge < -0.3 is 10.3 Å². The molecule has 10 heteroatoms. The Labute approximate surface area is 161 Å². The number of hydrogen-bond donors (Lipinski definition) is 3. The zero-order valence-electron chi connectivity index (χ0n) is 15.6. The van der Waals surface area contributed by atoms with Crippen molar-refractivity contribution in [2.75, 3.05) is 12.4 Å². The van der Waals surface area contributed by atoms with Gasteiger partial charge in [-0.2, -0.15) is 21.6 Å². The third-order valence-electron chi connectivity index (χ3n) is 3.81. The second-order valence-corrected chi connectivity index (χ2v) is 7.56. The number of aromatic nitrogens is 2. The van der Waals surface area contributed by atoms with Gasteiger partial charge in [0.2, 0.25) is 0 Å². The lowest BCUT2D eigenvalue weighted by Gasteiger charge is -2.12. The maximum absolute atomic E-state index is 12.6. The van der Waals surface area contributed by atoms with Crippen LogP contribution in [0.25, 0.3) is 17.0 Å². The Morgan fingerprint density at radius 1 is 1.29 bits per heavy atom. The van der Waals surface area contributed by atoms with Gasteiger partial charge in [0.15, 0.2) is 0 Å². The van der Waals surface area contributed by atoms with Gasteiger partial charge in [-0.1, -0.05) is 25.1 Å². The monoisotopic (exact) mass is 414 g/mol. The highest BCUT2D eigenvalue weighted by Crippen LogP contribution is 2.27. The molecule has 1 aromatic carbocycles. The van der Waals surface area contributed by atoms with Crippen LogP contribution in [0.3, 0.4) is 0 Å². The average molecular weight is 414 g/mol. The number of hydrogen-bond acceptors (Lipinski definition) is 4. The van der Waals surface area contributed by atoms with Crippen molar-refractivity contribution in [1.82, 2.24) is 14.7 Å². The van der Waals surface area contributed by atoms with E-state index in [1.807, 2.05) is 24.3 Å².